The Morgan fingerprint density at radius 3 is 2.60 bits per heavy atom. The third-order valence-electron chi connectivity index (χ3n) is 4.78. The first kappa shape index (κ1) is 14.5. The van der Waals surface area contributed by atoms with Crippen LogP contribution in [0.15, 0.2) is 12.1 Å². The van der Waals surface area contributed by atoms with Gasteiger partial charge in [0.15, 0.2) is 0 Å². The molecule has 3 rings (SSSR count). The van der Waals surface area contributed by atoms with Gasteiger partial charge < -0.3 is 5.73 Å². The normalized spacial score (nSPS) is 26.4. The maximum atomic E-state index is 6.00. The molecule has 1 unspecified atom stereocenters. The zero-order valence-electron chi connectivity index (χ0n) is 12.6. The Labute approximate surface area is 126 Å². The number of likely N-dealkylation sites (tertiary alicyclic amines) is 2. The molecule has 2 aliphatic rings. The zero-order valence-corrected chi connectivity index (χ0v) is 13.4. The fourth-order valence-corrected chi connectivity index (χ4v) is 4.46. The van der Waals surface area contributed by atoms with Crippen molar-refractivity contribution >= 4 is 11.3 Å². The molecule has 1 aromatic heterocycles. The van der Waals surface area contributed by atoms with Gasteiger partial charge in [-0.05, 0) is 50.9 Å². The van der Waals surface area contributed by atoms with Crippen LogP contribution in [0.4, 0.5) is 0 Å². The zero-order chi connectivity index (χ0) is 13.9. The van der Waals surface area contributed by atoms with Crippen molar-refractivity contribution in [3.63, 3.8) is 0 Å². The van der Waals surface area contributed by atoms with Gasteiger partial charge in [-0.1, -0.05) is 6.92 Å². The van der Waals surface area contributed by atoms with Crippen LogP contribution in [-0.4, -0.2) is 48.1 Å². The summed E-state index contributed by atoms with van der Waals surface area (Å²) in [6.45, 7) is 8.30. The summed E-state index contributed by atoms with van der Waals surface area (Å²) in [4.78, 5) is 8.35. The number of piperidine rings is 1. The van der Waals surface area contributed by atoms with Crippen molar-refractivity contribution in [3.8, 4) is 0 Å². The minimum atomic E-state index is 0.447. The van der Waals surface area contributed by atoms with E-state index in [1.807, 2.05) is 11.3 Å². The van der Waals surface area contributed by atoms with Gasteiger partial charge in [-0.25, -0.2) is 0 Å². The van der Waals surface area contributed by atoms with Crippen molar-refractivity contribution in [3.05, 3.63) is 21.9 Å². The van der Waals surface area contributed by atoms with Crippen molar-refractivity contribution in [2.24, 2.45) is 5.73 Å². The Morgan fingerprint density at radius 2 is 1.90 bits per heavy atom. The Kier molecular flexibility index (Phi) is 4.76. The van der Waals surface area contributed by atoms with E-state index in [9.17, 15) is 0 Å². The van der Waals surface area contributed by atoms with Crippen molar-refractivity contribution < 1.29 is 0 Å². The molecule has 112 valence electrons. The Hall–Kier alpha value is -0.420. The highest BCUT2D eigenvalue weighted by Crippen LogP contribution is 2.24. The van der Waals surface area contributed by atoms with Crippen LogP contribution in [-0.2, 0) is 13.0 Å². The van der Waals surface area contributed by atoms with Gasteiger partial charge in [0.05, 0.1) is 0 Å². The average Bonchev–Trinajstić information content (AvgIpc) is 3.09. The smallest absolute Gasteiger partial charge is 0.0328 e. The van der Waals surface area contributed by atoms with Gasteiger partial charge in [-0.15, -0.1) is 11.3 Å². The van der Waals surface area contributed by atoms with Crippen molar-refractivity contribution in [2.45, 2.75) is 51.2 Å². The van der Waals surface area contributed by atoms with Crippen LogP contribution in [0.2, 0.25) is 0 Å². The van der Waals surface area contributed by atoms with Gasteiger partial charge in [-0.3, -0.25) is 9.80 Å². The van der Waals surface area contributed by atoms with E-state index in [0.29, 0.717) is 6.04 Å². The van der Waals surface area contributed by atoms with E-state index in [0.717, 1.165) is 12.6 Å². The quantitative estimate of drug-likeness (QED) is 0.924. The SMILES string of the molecule is CCc1ccc(CN2CCC(N3CCC(N)CC3)C2)s1. The first-order valence-corrected chi connectivity index (χ1v) is 8.86. The molecule has 2 fully saturated rings. The number of hydrogen-bond donors (Lipinski definition) is 1. The predicted molar refractivity (Wildman–Crippen MR) is 86.2 cm³/mol. The molecule has 20 heavy (non-hydrogen) atoms. The highest BCUT2D eigenvalue weighted by molar-refractivity contribution is 7.11. The standard InChI is InChI=1S/C16H27N3S/c1-2-15-3-4-16(20-15)12-18-8-7-14(11-18)19-9-5-13(17)6-10-19/h3-4,13-14H,2,5-12,17H2,1H3. The molecule has 2 aliphatic heterocycles. The fourth-order valence-electron chi connectivity index (χ4n) is 3.46. The second-order valence-electron chi connectivity index (χ2n) is 6.27. The maximum absolute atomic E-state index is 6.00. The Balaban J connectivity index is 1.49. The Bertz CT molecular complexity index is 423. The molecule has 4 heteroatoms. The molecule has 0 amide bonds. The average molecular weight is 293 g/mol. The van der Waals surface area contributed by atoms with Crippen molar-refractivity contribution in [2.75, 3.05) is 26.2 Å². The number of rotatable bonds is 4. The summed E-state index contributed by atoms with van der Waals surface area (Å²) in [6.07, 6.45) is 4.87. The number of aryl methyl sites for hydroxylation is 1. The molecule has 0 bridgehead atoms. The van der Waals surface area contributed by atoms with Gasteiger partial charge in [0, 0.05) is 41.5 Å². The summed E-state index contributed by atoms with van der Waals surface area (Å²) in [5, 5.41) is 0. The largest absolute Gasteiger partial charge is 0.328 e. The van der Waals surface area contributed by atoms with E-state index in [4.69, 9.17) is 5.73 Å². The summed E-state index contributed by atoms with van der Waals surface area (Å²) in [5.74, 6) is 0. The number of nitrogens with two attached hydrogens (primary N) is 1. The summed E-state index contributed by atoms with van der Waals surface area (Å²) in [7, 11) is 0. The second kappa shape index (κ2) is 6.56. The highest BCUT2D eigenvalue weighted by atomic mass is 32.1. The summed E-state index contributed by atoms with van der Waals surface area (Å²) < 4.78 is 0. The van der Waals surface area contributed by atoms with Gasteiger partial charge in [-0.2, -0.15) is 0 Å². The van der Waals surface area contributed by atoms with E-state index in [1.54, 1.807) is 0 Å². The monoisotopic (exact) mass is 293 g/mol. The molecular weight excluding hydrogens is 266 g/mol. The van der Waals surface area contributed by atoms with Crippen LogP contribution in [0, 0.1) is 0 Å². The summed E-state index contributed by atoms with van der Waals surface area (Å²) >= 11 is 1.99. The van der Waals surface area contributed by atoms with Gasteiger partial charge in [0.2, 0.25) is 0 Å². The van der Waals surface area contributed by atoms with E-state index in [2.05, 4.69) is 28.9 Å². The van der Waals surface area contributed by atoms with E-state index in [1.165, 1.54) is 61.6 Å². The molecule has 0 aromatic carbocycles. The first-order valence-electron chi connectivity index (χ1n) is 8.04. The summed E-state index contributed by atoms with van der Waals surface area (Å²) in [6, 6.07) is 5.83. The highest BCUT2D eigenvalue weighted by Gasteiger charge is 2.29. The van der Waals surface area contributed by atoms with Gasteiger partial charge in [0.25, 0.3) is 0 Å². The lowest BCUT2D eigenvalue weighted by atomic mass is 10.0. The van der Waals surface area contributed by atoms with E-state index in [-0.39, 0.29) is 0 Å². The first-order chi connectivity index (χ1) is 9.74. The number of thiophene rings is 1. The molecule has 2 saturated heterocycles. The summed E-state index contributed by atoms with van der Waals surface area (Å²) in [5.41, 5.74) is 6.00. The van der Waals surface area contributed by atoms with Crippen LogP contribution in [0.1, 0.15) is 35.9 Å². The molecule has 0 saturated carbocycles. The molecule has 0 aliphatic carbocycles. The third-order valence-corrected chi connectivity index (χ3v) is 6.00. The van der Waals surface area contributed by atoms with Crippen LogP contribution in [0.25, 0.3) is 0 Å². The third kappa shape index (κ3) is 3.42. The van der Waals surface area contributed by atoms with Gasteiger partial charge >= 0.3 is 0 Å². The predicted octanol–water partition coefficient (Wildman–Crippen LogP) is 2.31. The van der Waals surface area contributed by atoms with Gasteiger partial charge in [0.1, 0.15) is 0 Å². The molecule has 1 atom stereocenters. The Morgan fingerprint density at radius 1 is 1.15 bits per heavy atom. The van der Waals surface area contributed by atoms with Crippen molar-refractivity contribution in [1.29, 1.82) is 0 Å². The van der Waals surface area contributed by atoms with Crippen LogP contribution in [0.3, 0.4) is 0 Å². The van der Waals surface area contributed by atoms with Crippen LogP contribution < -0.4 is 5.73 Å². The number of hydrogen-bond acceptors (Lipinski definition) is 4. The topological polar surface area (TPSA) is 32.5 Å². The van der Waals surface area contributed by atoms with Crippen LogP contribution in [0.5, 0.6) is 0 Å². The lowest BCUT2D eigenvalue weighted by Gasteiger charge is -2.34. The minimum absolute atomic E-state index is 0.447. The lowest BCUT2D eigenvalue weighted by molar-refractivity contribution is 0.152. The lowest BCUT2D eigenvalue weighted by Crippen LogP contribution is -2.45. The molecule has 1 aromatic rings. The maximum Gasteiger partial charge on any atom is 0.0328 e. The molecule has 0 radical (unpaired) electrons. The van der Waals surface area contributed by atoms with Crippen LogP contribution >= 0.6 is 11.3 Å². The van der Waals surface area contributed by atoms with E-state index < -0.39 is 0 Å². The molecule has 3 nitrogen and oxygen atoms in total. The second-order valence-corrected chi connectivity index (χ2v) is 7.53. The molecular formula is C16H27N3S. The fraction of sp³-hybridized carbons (Fsp3) is 0.750. The molecule has 2 N–H and O–H groups in total. The molecule has 0 spiro atoms. The van der Waals surface area contributed by atoms with E-state index >= 15 is 0 Å². The van der Waals surface area contributed by atoms with Crippen molar-refractivity contribution in [1.82, 2.24) is 9.80 Å². The number of nitrogens with zero attached hydrogens (tertiary/aromatic N) is 2. The molecule has 3 heterocycles. The minimum Gasteiger partial charge on any atom is -0.328 e.